The van der Waals surface area contributed by atoms with Crippen LogP contribution in [-0.2, 0) is 0 Å². The SMILES string of the molecule is CN(C)CCN(C)CC1=NNC(=O)c2cccc3[nH]cc1c23. The molecule has 6 heteroatoms. The number of rotatable bonds is 5. The van der Waals surface area contributed by atoms with E-state index in [2.05, 4.69) is 46.5 Å². The fraction of sp³-hybridized carbons (Fsp3) is 0.375. The number of aromatic nitrogens is 1. The van der Waals surface area contributed by atoms with Gasteiger partial charge in [0.2, 0.25) is 0 Å². The van der Waals surface area contributed by atoms with E-state index < -0.39 is 0 Å². The number of carbonyl (C=O) groups is 1. The molecule has 2 N–H and O–H groups in total. The van der Waals surface area contributed by atoms with E-state index in [1.54, 1.807) is 0 Å². The zero-order valence-electron chi connectivity index (χ0n) is 13.2. The average molecular weight is 299 g/mol. The summed E-state index contributed by atoms with van der Waals surface area (Å²) in [6.07, 6.45) is 1.94. The predicted octanol–water partition coefficient (Wildman–Crippen LogP) is 1.11. The van der Waals surface area contributed by atoms with Crippen LogP contribution in [0, 0.1) is 0 Å². The summed E-state index contributed by atoms with van der Waals surface area (Å²) in [5.41, 5.74) is 6.17. The van der Waals surface area contributed by atoms with Gasteiger partial charge in [-0.15, -0.1) is 0 Å². The molecule has 0 atom stereocenters. The molecule has 1 aromatic heterocycles. The van der Waals surface area contributed by atoms with E-state index in [9.17, 15) is 4.79 Å². The monoisotopic (exact) mass is 299 g/mol. The van der Waals surface area contributed by atoms with Gasteiger partial charge in [0, 0.05) is 42.3 Å². The van der Waals surface area contributed by atoms with Crippen LogP contribution < -0.4 is 5.43 Å². The molecule has 1 aromatic carbocycles. The van der Waals surface area contributed by atoms with E-state index in [1.165, 1.54) is 0 Å². The molecule has 2 aromatic rings. The van der Waals surface area contributed by atoms with E-state index in [0.717, 1.165) is 35.3 Å². The van der Waals surface area contributed by atoms with Crippen molar-refractivity contribution in [1.82, 2.24) is 20.2 Å². The minimum Gasteiger partial charge on any atom is -0.360 e. The molecule has 0 fully saturated rings. The number of nitrogens with zero attached hydrogens (tertiary/aromatic N) is 3. The van der Waals surface area contributed by atoms with Crippen molar-refractivity contribution in [1.29, 1.82) is 0 Å². The van der Waals surface area contributed by atoms with E-state index in [1.807, 2.05) is 24.4 Å². The van der Waals surface area contributed by atoms with Crippen LogP contribution in [-0.4, -0.2) is 67.2 Å². The van der Waals surface area contributed by atoms with Gasteiger partial charge in [-0.3, -0.25) is 9.69 Å². The van der Waals surface area contributed by atoms with Gasteiger partial charge in [0.1, 0.15) is 0 Å². The molecule has 22 heavy (non-hydrogen) atoms. The maximum absolute atomic E-state index is 12.2. The normalized spacial score (nSPS) is 14.4. The molecule has 0 unspecified atom stereocenters. The minimum atomic E-state index is -0.155. The lowest BCUT2D eigenvalue weighted by Crippen LogP contribution is -2.33. The Morgan fingerprint density at radius 1 is 1.14 bits per heavy atom. The van der Waals surface area contributed by atoms with Gasteiger partial charge < -0.3 is 9.88 Å². The lowest BCUT2D eigenvalue weighted by molar-refractivity contribution is 0.0957. The summed E-state index contributed by atoms with van der Waals surface area (Å²) in [7, 11) is 6.18. The van der Waals surface area contributed by atoms with Crippen molar-refractivity contribution >= 4 is 22.5 Å². The highest BCUT2D eigenvalue weighted by Crippen LogP contribution is 2.25. The van der Waals surface area contributed by atoms with Gasteiger partial charge >= 0.3 is 0 Å². The van der Waals surface area contributed by atoms with Gasteiger partial charge in [-0.05, 0) is 33.3 Å². The topological polar surface area (TPSA) is 63.7 Å². The van der Waals surface area contributed by atoms with Crippen molar-refractivity contribution < 1.29 is 4.79 Å². The molecule has 0 aliphatic carbocycles. The van der Waals surface area contributed by atoms with Crippen molar-refractivity contribution in [3.63, 3.8) is 0 Å². The van der Waals surface area contributed by atoms with Crippen LogP contribution in [0.15, 0.2) is 29.5 Å². The Hall–Kier alpha value is -2.18. The fourth-order valence-electron chi connectivity index (χ4n) is 2.67. The van der Waals surface area contributed by atoms with Crippen LogP contribution in [0.5, 0.6) is 0 Å². The van der Waals surface area contributed by atoms with Crippen LogP contribution in [0.4, 0.5) is 0 Å². The van der Waals surface area contributed by atoms with Crippen LogP contribution in [0.25, 0.3) is 10.9 Å². The first-order valence-corrected chi connectivity index (χ1v) is 7.37. The molecule has 2 heterocycles. The molecule has 1 aliphatic heterocycles. The Bertz CT molecular complexity index is 731. The zero-order chi connectivity index (χ0) is 15.7. The van der Waals surface area contributed by atoms with Crippen molar-refractivity contribution in [3.8, 4) is 0 Å². The van der Waals surface area contributed by atoms with Gasteiger partial charge in [0.15, 0.2) is 0 Å². The summed E-state index contributed by atoms with van der Waals surface area (Å²) >= 11 is 0. The lowest BCUT2D eigenvalue weighted by atomic mass is 10.0. The second-order valence-electron chi connectivity index (χ2n) is 5.97. The molecule has 0 bridgehead atoms. The largest absolute Gasteiger partial charge is 0.360 e. The molecule has 3 rings (SSSR count). The van der Waals surface area contributed by atoms with E-state index in [4.69, 9.17) is 0 Å². The van der Waals surface area contributed by atoms with Crippen molar-refractivity contribution in [2.45, 2.75) is 0 Å². The molecular formula is C16H21N5O. The van der Waals surface area contributed by atoms with Crippen molar-refractivity contribution in [2.75, 3.05) is 40.8 Å². The maximum Gasteiger partial charge on any atom is 0.272 e. The number of hydrogen-bond acceptors (Lipinski definition) is 4. The molecule has 1 amide bonds. The highest BCUT2D eigenvalue weighted by molar-refractivity contribution is 6.19. The first-order valence-electron chi connectivity index (χ1n) is 7.37. The number of aromatic amines is 1. The summed E-state index contributed by atoms with van der Waals surface area (Å²) < 4.78 is 0. The molecule has 0 saturated heterocycles. The second kappa shape index (κ2) is 5.90. The maximum atomic E-state index is 12.2. The highest BCUT2D eigenvalue weighted by Gasteiger charge is 2.21. The van der Waals surface area contributed by atoms with Crippen molar-refractivity contribution in [2.24, 2.45) is 5.10 Å². The molecular weight excluding hydrogens is 278 g/mol. The Balaban J connectivity index is 1.91. The number of H-pyrrole nitrogens is 1. The highest BCUT2D eigenvalue weighted by atomic mass is 16.2. The average Bonchev–Trinajstić information content (AvgIpc) is 2.87. The smallest absolute Gasteiger partial charge is 0.272 e. The van der Waals surface area contributed by atoms with E-state index >= 15 is 0 Å². The second-order valence-corrected chi connectivity index (χ2v) is 5.97. The number of nitrogens with one attached hydrogen (secondary N) is 2. The number of hydrazone groups is 1. The summed E-state index contributed by atoms with van der Waals surface area (Å²) in [6.45, 7) is 2.61. The van der Waals surface area contributed by atoms with Gasteiger partial charge in [0.25, 0.3) is 5.91 Å². The van der Waals surface area contributed by atoms with Crippen LogP contribution in [0.3, 0.4) is 0 Å². The molecule has 116 valence electrons. The van der Waals surface area contributed by atoms with E-state index in [0.29, 0.717) is 12.1 Å². The summed E-state index contributed by atoms with van der Waals surface area (Å²) in [5, 5.41) is 5.28. The Kier molecular flexibility index (Phi) is 3.96. The number of amides is 1. The number of hydrogen-bond donors (Lipinski definition) is 2. The Morgan fingerprint density at radius 2 is 1.95 bits per heavy atom. The summed E-state index contributed by atoms with van der Waals surface area (Å²) in [5.74, 6) is -0.155. The number of carbonyl (C=O) groups excluding carboxylic acids is 1. The lowest BCUT2D eigenvalue weighted by Gasteiger charge is -2.19. The van der Waals surface area contributed by atoms with Gasteiger partial charge in [0.05, 0.1) is 11.3 Å². The zero-order valence-corrected chi connectivity index (χ0v) is 13.2. The standard InChI is InChI=1S/C16H21N5O/c1-20(2)7-8-21(3)10-14-12-9-17-13-6-4-5-11(15(12)13)16(22)19-18-14/h4-6,9,17H,7-8,10H2,1-3H3,(H,19,22). The van der Waals surface area contributed by atoms with Crippen molar-refractivity contribution in [3.05, 3.63) is 35.5 Å². The van der Waals surface area contributed by atoms with Crippen LogP contribution >= 0.6 is 0 Å². The molecule has 6 nitrogen and oxygen atoms in total. The quantitative estimate of drug-likeness (QED) is 0.869. The van der Waals surface area contributed by atoms with E-state index in [-0.39, 0.29) is 5.91 Å². The van der Waals surface area contributed by atoms with Crippen LogP contribution in [0.1, 0.15) is 15.9 Å². The third kappa shape index (κ3) is 2.75. The Labute approximate surface area is 129 Å². The first-order chi connectivity index (χ1) is 10.6. The summed E-state index contributed by atoms with van der Waals surface area (Å²) in [6, 6.07) is 5.70. The minimum absolute atomic E-state index is 0.155. The van der Waals surface area contributed by atoms with Gasteiger partial charge in [-0.25, -0.2) is 5.43 Å². The van der Waals surface area contributed by atoms with Gasteiger partial charge in [-0.2, -0.15) is 5.10 Å². The Morgan fingerprint density at radius 3 is 2.73 bits per heavy atom. The third-order valence-corrected chi connectivity index (χ3v) is 3.90. The molecule has 0 radical (unpaired) electrons. The molecule has 0 spiro atoms. The molecule has 0 saturated carbocycles. The number of likely N-dealkylation sites (N-methyl/N-ethyl adjacent to an activating group) is 2. The summed E-state index contributed by atoms with van der Waals surface area (Å²) in [4.78, 5) is 19.8. The predicted molar refractivity (Wildman–Crippen MR) is 88.4 cm³/mol. The number of benzene rings is 1. The first kappa shape index (κ1) is 14.7. The van der Waals surface area contributed by atoms with Gasteiger partial charge in [-0.1, -0.05) is 6.07 Å². The molecule has 1 aliphatic rings. The third-order valence-electron chi connectivity index (χ3n) is 3.90. The van der Waals surface area contributed by atoms with Crippen LogP contribution in [0.2, 0.25) is 0 Å². The fourth-order valence-corrected chi connectivity index (χ4v) is 2.67.